The molecule has 0 amide bonds. The number of halogens is 1. The standard InChI is InChI=1S/C18H29ClO2S/c1-4-5-6-7-8-9-10-22-14-16-12-17(20-2)15(13-19)11-18(16)21-3/h11-12H,4-10,13-14H2,1-3H3. The highest BCUT2D eigenvalue weighted by Crippen LogP contribution is 2.32. The molecule has 1 aromatic rings. The Balaban J connectivity index is 2.41. The summed E-state index contributed by atoms with van der Waals surface area (Å²) in [5.41, 5.74) is 2.16. The van der Waals surface area contributed by atoms with Crippen molar-refractivity contribution >= 4 is 23.4 Å². The molecule has 0 radical (unpaired) electrons. The van der Waals surface area contributed by atoms with Gasteiger partial charge in [0.15, 0.2) is 0 Å². The number of ether oxygens (including phenoxy) is 2. The quantitative estimate of drug-likeness (QED) is 0.340. The lowest BCUT2D eigenvalue weighted by Gasteiger charge is -2.13. The van der Waals surface area contributed by atoms with E-state index in [2.05, 4.69) is 13.0 Å². The van der Waals surface area contributed by atoms with Gasteiger partial charge in [-0.2, -0.15) is 11.8 Å². The first kappa shape index (κ1) is 19.5. The lowest BCUT2D eigenvalue weighted by Crippen LogP contribution is -1.97. The van der Waals surface area contributed by atoms with Crippen LogP contribution < -0.4 is 9.47 Å². The van der Waals surface area contributed by atoms with Gasteiger partial charge in [0.25, 0.3) is 0 Å². The Morgan fingerprint density at radius 2 is 1.50 bits per heavy atom. The average Bonchev–Trinajstić information content (AvgIpc) is 2.56. The second-order valence-electron chi connectivity index (χ2n) is 5.43. The van der Waals surface area contributed by atoms with Crippen LogP contribution in [-0.4, -0.2) is 20.0 Å². The smallest absolute Gasteiger partial charge is 0.123 e. The van der Waals surface area contributed by atoms with Crippen LogP contribution >= 0.6 is 23.4 Å². The van der Waals surface area contributed by atoms with Crippen molar-refractivity contribution in [3.05, 3.63) is 23.3 Å². The molecule has 0 atom stereocenters. The number of hydrogen-bond acceptors (Lipinski definition) is 3. The van der Waals surface area contributed by atoms with Gasteiger partial charge in [-0.15, -0.1) is 11.6 Å². The highest BCUT2D eigenvalue weighted by atomic mass is 35.5. The highest BCUT2D eigenvalue weighted by molar-refractivity contribution is 7.98. The highest BCUT2D eigenvalue weighted by Gasteiger charge is 2.10. The Bertz CT molecular complexity index is 424. The van der Waals surface area contributed by atoms with Crippen molar-refractivity contribution in [1.29, 1.82) is 0 Å². The number of methoxy groups -OCH3 is 2. The Hall–Kier alpha value is -0.540. The zero-order chi connectivity index (χ0) is 16.2. The number of unbranched alkanes of at least 4 members (excludes halogenated alkanes) is 5. The molecule has 0 aliphatic rings. The summed E-state index contributed by atoms with van der Waals surface area (Å²) in [4.78, 5) is 0. The Labute approximate surface area is 144 Å². The molecule has 0 heterocycles. The van der Waals surface area contributed by atoms with Crippen LogP contribution in [0.3, 0.4) is 0 Å². The van der Waals surface area contributed by atoms with Crippen molar-refractivity contribution in [2.45, 2.75) is 57.1 Å². The van der Waals surface area contributed by atoms with Gasteiger partial charge in [0.2, 0.25) is 0 Å². The fourth-order valence-corrected chi connectivity index (χ4v) is 3.61. The summed E-state index contributed by atoms with van der Waals surface area (Å²) in [6.45, 7) is 2.26. The van der Waals surface area contributed by atoms with Crippen LogP contribution in [0.4, 0.5) is 0 Å². The molecular weight excluding hydrogens is 316 g/mol. The molecule has 0 fully saturated rings. The van der Waals surface area contributed by atoms with Gasteiger partial charge in [0.1, 0.15) is 11.5 Å². The Morgan fingerprint density at radius 3 is 2.14 bits per heavy atom. The van der Waals surface area contributed by atoms with Gasteiger partial charge in [0.05, 0.1) is 20.1 Å². The fraction of sp³-hybridized carbons (Fsp3) is 0.667. The molecule has 0 spiro atoms. The minimum absolute atomic E-state index is 0.435. The summed E-state index contributed by atoms with van der Waals surface area (Å²) in [7, 11) is 3.40. The van der Waals surface area contributed by atoms with Crippen LogP contribution in [0.2, 0.25) is 0 Å². The molecule has 22 heavy (non-hydrogen) atoms. The molecule has 0 saturated carbocycles. The molecule has 1 aromatic carbocycles. The third-order valence-corrected chi connectivity index (χ3v) is 5.11. The summed E-state index contributed by atoms with van der Waals surface area (Å²) < 4.78 is 10.9. The first-order valence-electron chi connectivity index (χ1n) is 8.14. The molecule has 126 valence electrons. The van der Waals surface area contributed by atoms with Crippen molar-refractivity contribution in [3.8, 4) is 11.5 Å². The predicted octanol–water partition coefficient (Wildman–Crippen LogP) is 6.04. The normalized spacial score (nSPS) is 10.7. The van der Waals surface area contributed by atoms with E-state index < -0.39 is 0 Å². The fourth-order valence-electron chi connectivity index (χ4n) is 2.41. The second kappa shape index (κ2) is 12.0. The minimum Gasteiger partial charge on any atom is -0.496 e. The van der Waals surface area contributed by atoms with Gasteiger partial charge in [-0.05, 0) is 24.3 Å². The van der Waals surface area contributed by atoms with Crippen molar-refractivity contribution in [1.82, 2.24) is 0 Å². The molecular formula is C18H29ClO2S. The summed E-state index contributed by atoms with van der Waals surface area (Å²) >= 11 is 7.91. The maximum Gasteiger partial charge on any atom is 0.123 e. The summed E-state index contributed by atoms with van der Waals surface area (Å²) in [6.07, 6.45) is 8.08. The van der Waals surface area contributed by atoms with Crippen molar-refractivity contribution < 1.29 is 9.47 Å². The van der Waals surface area contributed by atoms with Gasteiger partial charge < -0.3 is 9.47 Å². The van der Waals surface area contributed by atoms with Crippen LogP contribution in [0.25, 0.3) is 0 Å². The number of rotatable bonds is 12. The molecule has 0 bridgehead atoms. The van der Waals surface area contributed by atoms with Gasteiger partial charge in [-0.1, -0.05) is 39.0 Å². The van der Waals surface area contributed by atoms with Crippen LogP contribution in [0, 0.1) is 0 Å². The number of alkyl halides is 1. The van der Waals surface area contributed by atoms with E-state index in [4.69, 9.17) is 21.1 Å². The van der Waals surface area contributed by atoms with Crippen LogP contribution in [0.1, 0.15) is 56.6 Å². The van der Waals surface area contributed by atoms with E-state index in [0.717, 1.165) is 22.8 Å². The first-order chi connectivity index (χ1) is 10.8. The Morgan fingerprint density at radius 1 is 0.909 bits per heavy atom. The van der Waals surface area contributed by atoms with Gasteiger partial charge in [-0.25, -0.2) is 0 Å². The molecule has 0 saturated heterocycles. The lowest BCUT2D eigenvalue weighted by atomic mass is 10.1. The molecule has 0 aliphatic heterocycles. The van der Waals surface area contributed by atoms with E-state index in [1.54, 1.807) is 14.2 Å². The van der Waals surface area contributed by atoms with Crippen molar-refractivity contribution in [2.24, 2.45) is 0 Å². The topological polar surface area (TPSA) is 18.5 Å². The first-order valence-corrected chi connectivity index (χ1v) is 9.83. The predicted molar refractivity (Wildman–Crippen MR) is 98.6 cm³/mol. The van der Waals surface area contributed by atoms with Crippen molar-refractivity contribution in [2.75, 3.05) is 20.0 Å². The molecule has 0 aliphatic carbocycles. The third-order valence-electron chi connectivity index (χ3n) is 3.73. The maximum absolute atomic E-state index is 5.95. The third kappa shape index (κ3) is 6.70. The van der Waals surface area contributed by atoms with E-state index in [-0.39, 0.29) is 0 Å². The van der Waals surface area contributed by atoms with Crippen LogP contribution in [0.15, 0.2) is 12.1 Å². The van der Waals surface area contributed by atoms with E-state index >= 15 is 0 Å². The maximum atomic E-state index is 5.95. The number of hydrogen-bond donors (Lipinski definition) is 0. The zero-order valence-corrected chi connectivity index (χ0v) is 15.7. The molecule has 2 nitrogen and oxygen atoms in total. The molecule has 4 heteroatoms. The lowest BCUT2D eigenvalue weighted by molar-refractivity contribution is 0.397. The average molecular weight is 345 g/mol. The van der Waals surface area contributed by atoms with E-state index in [1.165, 1.54) is 49.8 Å². The minimum atomic E-state index is 0.435. The van der Waals surface area contributed by atoms with E-state index in [1.807, 2.05) is 17.8 Å². The zero-order valence-electron chi connectivity index (χ0n) is 14.1. The summed E-state index contributed by atoms with van der Waals surface area (Å²) in [5, 5.41) is 0. The molecule has 1 rings (SSSR count). The Kier molecular flexibility index (Phi) is 10.6. The van der Waals surface area contributed by atoms with Gasteiger partial charge in [0, 0.05) is 16.9 Å². The molecule has 0 N–H and O–H groups in total. The largest absolute Gasteiger partial charge is 0.496 e. The monoisotopic (exact) mass is 344 g/mol. The summed E-state index contributed by atoms with van der Waals surface area (Å²) in [6, 6.07) is 4.05. The number of thioether (sulfide) groups is 1. The summed E-state index contributed by atoms with van der Waals surface area (Å²) in [5.74, 6) is 4.36. The van der Waals surface area contributed by atoms with E-state index in [0.29, 0.717) is 5.88 Å². The SMILES string of the molecule is CCCCCCCCSCc1cc(OC)c(CCl)cc1OC. The van der Waals surface area contributed by atoms with Gasteiger partial charge >= 0.3 is 0 Å². The van der Waals surface area contributed by atoms with Crippen LogP contribution in [0.5, 0.6) is 11.5 Å². The van der Waals surface area contributed by atoms with E-state index in [9.17, 15) is 0 Å². The molecule has 0 aromatic heterocycles. The number of benzene rings is 1. The molecule has 0 unspecified atom stereocenters. The van der Waals surface area contributed by atoms with Gasteiger partial charge in [-0.3, -0.25) is 0 Å². The second-order valence-corrected chi connectivity index (χ2v) is 6.80. The van der Waals surface area contributed by atoms with Crippen LogP contribution in [-0.2, 0) is 11.6 Å². The van der Waals surface area contributed by atoms with Crippen molar-refractivity contribution in [3.63, 3.8) is 0 Å².